The summed E-state index contributed by atoms with van der Waals surface area (Å²) in [6.45, 7) is 1.60. The molecule has 1 aliphatic rings. The van der Waals surface area contributed by atoms with Crippen molar-refractivity contribution in [3.63, 3.8) is 0 Å². The molecule has 13 heavy (non-hydrogen) atoms. The van der Waals surface area contributed by atoms with Gasteiger partial charge in [0, 0.05) is 18.7 Å². The minimum absolute atomic E-state index is 0.357. The summed E-state index contributed by atoms with van der Waals surface area (Å²) in [5, 5.41) is 0. The van der Waals surface area contributed by atoms with Gasteiger partial charge in [-0.05, 0) is 18.6 Å². The van der Waals surface area contributed by atoms with E-state index >= 15 is 0 Å². The van der Waals surface area contributed by atoms with Crippen molar-refractivity contribution in [2.75, 3.05) is 18.0 Å². The molecule has 0 amide bonds. The van der Waals surface area contributed by atoms with Crippen LogP contribution in [0.25, 0.3) is 0 Å². The summed E-state index contributed by atoms with van der Waals surface area (Å²) in [5.41, 5.74) is 1.16. The third kappa shape index (κ3) is 1.89. The zero-order chi connectivity index (χ0) is 9.10. The molecule has 1 aliphatic heterocycles. The molecule has 1 fully saturated rings. The van der Waals surface area contributed by atoms with Gasteiger partial charge in [0.15, 0.2) is 5.78 Å². The summed E-state index contributed by atoms with van der Waals surface area (Å²) in [6, 6.07) is 10.1. The molecule has 0 saturated carbocycles. The van der Waals surface area contributed by atoms with Gasteiger partial charge in [0.05, 0.1) is 6.54 Å². The van der Waals surface area contributed by atoms with Gasteiger partial charge in [0.2, 0.25) is 0 Å². The number of hydrogen-bond donors (Lipinski definition) is 0. The maximum absolute atomic E-state index is 11.2. The van der Waals surface area contributed by atoms with E-state index < -0.39 is 0 Å². The molecule has 68 valence electrons. The fourth-order valence-electron chi connectivity index (χ4n) is 1.70. The minimum atomic E-state index is 0.357. The second-order valence-corrected chi connectivity index (χ2v) is 3.40. The first-order valence-corrected chi connectivity index (χ1v) is 4.68. The van der Waals surface area contributed by atoms with Gasteiger partial charge in [0.1, 0.15) is 0 Å². The fraction of sp³-hybridized carbons (Fsp3) is 0.364. The lowest BCUT2D eigenvalue weighted by molar-refractivity contribution is -0.118. The van der Waals surface area contributed by atoms with Crippen molar-refractivity contribution in [1.82, 2.24) is 0 Å². The number of nitrogens with zero attached hydrogens (tertiary/aromatic N) is 1. The van der Waals surface area contributed by atoms with E-state index in [2.05, 4.69) is 17.0 Å². The van der Waals surface area contributed by atoms with E-state index in [9.17, 15) is 4.79 Å². The van der Waals surface area contributed by atoms with E-state index in [0.717, 1.165) is 25.1 Å². The van der Waals surface area contributed by atoms with Crippen LogP contribution in [0, 0.1) is 0 Å². The standard InChI is InChI=1S/C11H13NO/c13-11-7-4-8-12(9-11)10-5-2-1-3-6-10/h1-3,5-6H,4,7-9H2. The predicted molar refractivity (Wildman–Crippen MR) is 52.9 cm³/mol. The molecule has 0 aromatic heterocycles. The zero-order valence-electron chi connectivity index (χ0n) is 7.57. The van der Waals surface area contributed by atoms with Gasteiger partial charge in [-0.1, -0.05) is 18.2 Å². The normalized spacial score (nSPS) is 17.5. The van der Waals surface area contributed by atoms with Crippen molar-refractivity contribution < 1.29 is 4.79 Å². The Balaban J connectivity index is 2.13. The van der Waals surface area contributed by atoms with Crippen molar-refractivity contribution in [2.45, 2.75) is 12.8 Å². The van der Waals surface area contributed by atoms with Crippen LogP contribution in [0.5, 0.6) is 0 Å². The van der Waals surface area contributed by atoms with Crippen LogP contribution in [0.1, 0.15) is 12.8 Å². The Hall–Kier alpha value is -1.31. The highest BCUT2D eigenvalue weighted by molar-refractivity contribution is 5.84. The van der Waals surface area contributed by atoms with Crippen LogP contribution in [-0.2, 0) is 4.79 Å². The second kappa shape index (κ2) is 3.60. The van der Waals surface area contributed by atoms with Gasteiger partial charge in [0.25, 0.3) is 0 Å². The van der Waals surface area contributed by atoms with Crippen molar-refractivity contribution in [3.8, 4) is 0 Å². The smallest absolute Gasteiger partial charge is 0.152 e. The first kappa shape index (κ1) is 8.30. The molecule has 2 rings (SSSR count). The molecule has 0 N–H and O–H groups in total. The van der Waals surface area contributed by atoms with Crippen LogP contribution >= 0.6 is 0 Å². The van der Waals surface area contributed by atoms with E-state index in [0.29, 0.717) is 12.3 Å². The van der Waals surface area contributed by atoms with Gasteiger partial charge < -0.3 is 4.90 Å². The predicted octanol–water partition coefficient (Wildman–Crippen LogP) is 1.86. The molecule has 2 nitrogen and oxygen atoms in total. The Kier molecular flexibility index (Phi) is 2.30. The van der Waals surface area contributed by atoms with E-state index in [-0.39, 0.29) is 0 Å². The highest BCUT2D eigenvalue weighted by atomic mass is 16.1. The van der Waals surface area contributed by atoms with Gasteiger partial charge in [-0.2, -0.15) is 0 Å². The molecule has 0 unspecified atom stereocenters. The number of rotatable bonds is 1. The molecule has 1 saturated heterocycles. The lowest BCUT2D eigenvalue weighted by Crippen LogP contribution is -2.35. The van der Waals surface area contributed by atoms with Gasteiger partial charge >= 0.3 is 0 Å². The maximum atomic E-state index is 11.2. The van der Waals surface area contributed by atoms with Crippen molar-refractivity contribution in [1.29, 1.82) is 0 Å². The SMILES string of the molecule is O=C1CCCN(c2ccccc2)C1. The molecule has 0 aliphatic carbocycles. The van der Waals surface area contributed by atoms with Gasteiger partial charge in [-0.15, -0.1) is 0 Å². The minimum Gasteiger partial charge on any atom is -0.364 e. The summed E-state index contributed by atoms with van der Waals surface area (Å²) in [6.07, 6.45) is 1.75. The fourth-order valence-corrected chi connectivity index (χ4v) is 1.70. The summed E-state index contributed by atoms with van der Waals surface area (Å²) in [5.74, 6) is 0.357. The first-order chi connectivity index (χ1) is 6.36. The second-order valence-electron chi connectivity index (χ2n) is 3.40. The third-order valence-electron chi connectivity index (χ3n) is 2.37. The first-order valence-electron chi connectivity index (χ1n) is 4.68. The number of anilines is 1. The van der Waals surface area contributed by atoms with Crippen LogP contribution < -0.4 is 4.90 Å². The van der Waals surface area contributed by atoms with E-state index in [1.807, 2.05) is 18.2 Å². The summed E-state index contributed by atoms with van der Waals surface area (Å²) in [4.78, 5) is 13.3. The molecule has 0 atom stereocenters. The Bertz CT molecular complexity index is 294. The number of carbonyl (C=O) groups is 1. The highest BCUT2D eigenvalue weighted by Gasteiger charge is 2.16. The molecule has 2 heteroatoms. The third-order valence-corrected chi connectivity index (χ3v) is 2.37. The molecule has 0 spiro atoms. The average Bonchev–Trinajstić information content (AvgIpc) is 2.19. The Morgan fingerprint density at radius 1 is 1.15 bits per heavy atom. The maximum Gasteiger partial charge on any atom is 0.152 e. The number of carbonyl (C=O) groups excluding carboxylic acids is 1. The van der Waals surface area contributed by atoms with Crippen molar-refractivity contribution >= 4 is 11.5 Å². The van der Waals surface area contributed by atoms with Crippen LogP contribution in [-0.4, -0.2) is 18.9 Å². The topological polar surface area (TPSA) is 20.3 Å². The largest absolute Gasteiger partial charge is 0.364 e. The summed E-state index contributed by atoms with van der Waals surface area (Å²) >= 11 is 0. The Labute approximate surface area is 78.2 Å². The number of Topliss-reactive ketones (excluding diaryl/α,β-unsaturated/α-hetero) is 1. The van der Waals surface area contributed by atoms with Crippen LogP contribution in [0.15, 0.2) is 30.3 Å². The van der Waals surface area contributed by atoms with E-state index in [1.165, 1.54) is 0 Å². The zero-order valence-corrected chi connectivity index (χ0v) is 7.57. The van der Waals surface area contributed by atoms with E-state index in [4.69, 9.17) is 0 Å². The molecule has 0 radical (unpaired) electrons. The lowest BCUT2D eigenvalue weighted by Gasteiger charge is -2.27. The number of ketones is 1. The molecule has 1 aromatic carbocycles. The number of hydrogen-bond acceptors (Lipinski definition) is 2. The van der Waals surface area contributed by atoms with Gasteiger partial charge in [-0.25, -0.2) is 0 Å². The monoisotopic (exact) mass is 175 g/mol. The highest BCUT2D eigenvalue weighted by Crippen LogP contribution is 2.17. The van der Waals surface area contributed by atoms with Crippen LogP contribution in [0.3, 0.4) is 0 Å². The molecule has 0 bridgehead atoms. The van der Waals surface area contributed by atoms with Crippen LogP contribution in [0.2, 0.25) is 0 Å². The Morgan fingerprint density at radius 3 is 2.62 bits per heavy atom. The number of piperidine rings is 1. The lowest BCUT2D eigenvalue weighted by atomic mass is 10.1. The number of benzene rings is 1. The molecule has 1 heterocycles. The summed E-state index contributed by atoms with van der Waals surface area (Å²) < 4.78 is 0. The summed E-state index contributed by atoms with van der Waals surface area (Å²) in [7, 11) is 0. The number of para-hydroxylation sites is 1. The average molecular weight is 175 g/mol. The molecular formula is C11H13NO. The molecular weight excluding hydrogens is 162 g/mol. The van der Waals surface area contributed by atoms with Gasteiger partial charge in [-0.3, -0.25) is 4.79 Å². The van der Waals surface area contributed by atoms with Crippen molar-refractivity contribution in [3.05, 3.63) is 30.3 Å². The van der Waals surface area contributed by atoms with Crippen molar-refractivity contribution in [2.24, 2.45) is 0 Å². The Morgan fingerprint density at radius 2 is 1.92 bits per heavy atom. The quantitative estimate of drug-likeness (QED) is 0.649. The molecule has 1 aromatic rings. The van der Waals surface area contributed by atoms with Crippen LogP contribution in [0.4, 0.5) is 5.69 Å². The van der Waals surface area contributed by atoms with E-state index in [1.54, 1.807) is 0 Å².